The van der Waals surface area contributed by atoms with E-state index in [1.165, 1.54) is 6.08 Å². The molecule has 2 aliphatic rings. The minimum atomic E-state index is -0.802. The third kappa shape index (κ3) is 5.87. The standard InChI is InChI=1S/C15H14Cl2O4.C4H7NO2/c16-8-3-7(4-9(17)5-8)6-21-15(20)11-2-1-10-12(11)13(10)14(18)19;1-2-3-7-4(5)6/h3-5,10-13H,1-2,6H2,(H,18,19);2H,1,3H2,(H2,5,6). The number of nitrogens with two attached hydrogens (primary N) is 1. The van der Waals surface area contributed by atoms with Crippen LogP contribution in [0, 0.1) is 23.7 Å². The average Bonchev–Trinajstić information content (AvgIpc) is 3.18. The highest BCUT2D eigenvalue weighted by molar-refractivity contribution is 6.34. The number of benzene rings is 1. The van der Waals surface area contributed by atoms with E-state index >= 15 is 0 Å². The van der Waals surface area contributed by atoms with Gasteiger partial charge in [-0.3, -0.25) is 9.59 Å². The fraction of sp³-hybridized carbons (Fsp3) is 0.421. The maximum absolute atomic E-state index is 12.1. The van der Waals surface area contributed by atoms with Crippen LogP contribution in [-0.2, 0) is 25.7 Å². The number of amides is 1. The summed E-state index contributed by atoms with van der Waals surface area (Å²) >= 11 is 11.8. The van der Waals surface area contributed by atoms with Gasteiger partial charge in [-0.1, -0.05) is 35.9 Å². The molecule has 0 bridgehead atoms. The SMILES string of the molecule is C=CCOC(N)=O.O=C(OCc1cc(Cl)cc(Cl)c1)C1CCC2C(C(=O)O)C12. The topological polar surface area (TPSA) is 116 Å². The molecule has 1 aromatic carbocycles. The van der Waals surface area contributed by atoms with E-state index in [4.69, 9.17) is 33.0 Å². The number of rotatable bonds is 6. The second kappa shape index (κ2) is 9.80. The maximum Gasteiger partial charge on any atom is 0.404 e. The summed E-state index contributed by atoms with van der Waals surface area (Å²) in [7, 11) is 0. The zero-order valence-electron chi connectivity index (χ0n) is 15.0. The van der Waals surface area contributed by atoms with Gasteiger partial charge in [0, 0.05) is 10.0 Å². The van der Waals surface area contributed by atoms with Crippen molar-refractivity contribution in [3.63, 3.8) is 0 Å². The number of hydrogen-bond acceptors (Lipinski definition) is 5. The van der Waals surface area contributed by atoms with E-state index in [9.17, 15) is 14.4 Å². The highest BCUT2D eigenvalue weighted by Gasteiger charge is 2.63. The van der Waals surface area contributed by atoms with Gasteiger partial charge < -0.3 is 20.3 Å². The Hall–Kier alpha value is -2.25. The molecular weight excluding hydrogens is 409 g/mol. The van der Waals surface area contributed by atoms with Gasteiger partial charge in [-0.2, -0.15) is 0 Å². The summed E-state index contributed by atoms with van der Waals surface area (Å²) in [6, 6.07) is 4.99. The van der Waals surface area contributed by atoms with Gasteiger partial charge in [0.1, 0.15) is 13.2 Å². The summed E-state index contributed by atoms with van der Waals surface area (Å²) in [5, 5.41) is 10.0. The van der Waals surface area contributed by atoms with E-state index in [-0.39, 0.29) is 42.9 Å². The van der Waals surface area contributed by atoms with Gasteiger partial charge in [-0.05, 0) is 48.4 Å². The largest absolute Gasteiger partial charge is 0.481 e. The van der Waals surface area contributed by atoms with Crippen molar-refractivity contribution in [1.82, 2.24) is 0 Å². The molecule has 1 amide bonds. The first kappa shape index (κ1) is 22.0. The smallest absolute Gasteiger partial charge is 0.404 e. The van der Waals surface area contributed by atoms with E-state index in [1.807, 2.05) is 0 Å². The number of halogens is 2. The normalized spacial score (nSPS) is 24.2. The van der Waals surface area contributed by atoms with Crippen molar-refractivity contribution in [2.24, 2.45) is 29.4 Å². The molecular formula is C19H21Cl2NO6. The van der Waals surface area contributed by atoms with Gasteiger partial charge in [-0.25, -0.2) is 4.79 Å². The molecule has 4 unspecified atom stereocenters. The summed E-state index contributed by atoms with van der Waals surface area (Å²) in [4.78, 5) is 32.8. The molecule has 0 aliphatic heterocycles. The lowest BCUT2D eigenvalue weighted by atomic mass is 10.0. The number of aliphatic carboxylic acids is 1. The van der Waals surface area contributed by atoms with Crippen LogP contribution in [0.1, 0.15) is 18.4 Å². The van der Waals surface area contributed by atoms with Crippen molar-refractivity contribution >= 4 is 41.2 Å². The number of primary amides is 1. The van der Waals surface area contributed by atoms with Crippen LogP contribution in [-0.4, -0.2) is 29.7 Å². The molecule has 2 fully saturated rings. The molecule has 2 aliphatic carbocycles. The van der Waals surface area contributed by atoms with Crippen molar-refractivity contribution in [1.29, 1.82) is 0 Å². The lowest BCUT2D eigenvalue weighted by molar-refractivity contribution is -0.151. The zero-order chi connectivity index (χ0) is 20.8. The highest BCUT2D eigenvalue weighted by Crippen LogP contribution is 2.60. The van der Waals surface area contributed by atoms with Gasteiger partial charge in [0.2, 0.25) is 0 Å². The van der Waals surface area contributed by atoms with Crippen molar-refractivity contribution < 1.29 is 29.0 Å². The van der Waals surface area contributed by atoms with Gasteiger partial charge >= 0.3 is 18.0 Å². The number of carbonyl (C=O) groups is 3. The molecule has 4 atom stereocenters. The Morgan fingerprint density at radius 1 is 1.18 bits per heavy atom. The molecule has 9 heteroatoms. The van der Waals surface area contributed by atoms with Gasteiger partial charge in [0.25, 0.3) is 0 Å². The first-order valence-corrected chi connectivity index (χ1v) is 9.37. The Bertz CT molecular complexity index is 749. The number of esters is 1. The lowest BCUT2D eigenvalue weighted by Gasteiger charge is -2.13. The van der Waals surface area contributed by atoms with Crippen LogP contribution in [0.2, 0.25) is 10.0 Å². The fourth-order valence-electron chi connectivity index (χ4n) is 3.61. The Morgan fingerprint density at radius 2 is 1.82 bits per heavy atom. The second-order valence-electron chi connectivity index (χ2n) is 6.59. The van der Waals surface area contributed by atoms with Crippen molar-refractivity contribution in [3.8, 4) is 0 Å². The minimum absolute atomic E-state index is 0.0436. The van der Waals surface area contributed by atoms with Gasteiger partial charge in [0.15, 0.2) is 0 Å². The number of carboxylic acid groups (broad SMARTS) is 1. The molecule has 2 saturated carbocycles. The Kier molecular flexibility index (Phi) is 7.71. The first-order chi connectivity index (χ1) is 13.2. The molecule has 28 heavy (non-hydrogen) atoms. The molecule has 152 valence electrons. The quantitative estimate of drug-likeness (QED) is 0.526. The molecule has 1 aromatic rings. The number of hydrogen-bond donors (Lipinski definition) is 2. The van der Waals surface area contributed by atoms with E-state index < -0.39 is 12.1 Å². The minimum Gasteiger partial charge on any atom is -0.481 e. The maximum atomic E-state index is 12.1. The van der Waals surface area contributed by atoms with Crippen LogP contribution in [0.15, 0.2) is 30.9 Å². The van der Waals surface area contributed by atoms with Crippen LogP contribution in [0.3, 0.4) is 0 Å². The van der Waals surface area contributed by atoms with Crippen LogP contribution < -0.4 is 5.73 Å². The second-order valence-corrected chi connectivity index (χ2v) is 7.47. The molecule has 3 N–H and O–H groups in total. The Balaban J connectivity index is 0.000000345. The van der Waals surface area contributed by atoms with E-state index in [0.29, 0.717) is 16.5 Å². The number of carbonyl (C=O) groups excluding carboxylic acids is 2. The summed E-state index contributed by atoms with van der Waals surface area (Å²) < 4.78 is 9.51. The molecule has 7 nitrogen and oxygen atoms in total. The molecule has 0 saturated heterocycles. The summed E-state index contributed by atoms with van der Waals surface area (Å²) in [6.45, 7) is 3.59. The van der Waals surface area contributed by atoms with Crippen LogP contribution >= 0.6 is 23.2 Å². The third-order valence-electron chi connectivity index (χ3n) is 4.74. The lowest BCUT2D eigenvalue weighted by Crippen LogP contribution is -2.20. The van der Waals surface area contributed by atoms with Crippen LogP contribution in [0.25, 0.3) is 0 Å². The van der Waals surface area contributed by atoms with Gasteiger partial charge in [-0.15, -0.1) is 0 Å². The zero-order valence-corrected chi connectivity index (χ0v) is 16.5. The van der Waals surface area contributed by atoms with Crippen molar-refractivity contribution in [2.45, 2.75) is 19.4 Å². The predicted molar refractivity (Wildman–Crippen MR) is 103 cm³/mol. The summed E-state index contributed by atoms with van der Waals surface area (Å²) in [6.07, 6.45) is 2.20. The summed E-state index contributed by atoms with van der Waals surface area (Å²) in [5.74, 6) is -1.66. The number of ether oxygens (including phenoxy) is 2. The predicted octanol–water partition coefficient (Wildman–Crippen LogP) is 3.66. The Labute approximate surface area is 172 Å². The molecule has 3 rings (SSSR count). The fourth-order valence-corrected chi connectivity index (χ4v) is 4.18. The molecule has 0 spiro atoms. The van der Waals surface area contributed by atoms with E-state index in [0.717, 1.165) is 12.0 Å². The molecule has 0 heterocycles. The number of fused-ring (bicyclic) bond motifs is 1. The average molecular weight is 430 g/mol. The first-order valence-electron chi connectivity index (χ1n) is 8.62. The Morgan fingerprint density at radius 3 is 2.29 bits per heavy atom. The van der Waals surface area contributed by atoms with E-state index in [1.54, 1.807) is 18.2 Å². The van der Waals surface area contributed by atoms with Crippen LogP contribution in [0.4, 0.5) is 4.79 Å². The molecule has 0 aromatic heterocycles. The summed E-state index contributed by atoms with van der Waals surface area (Å²) in [5.41, 5.74) is 5.29. The third-order valence-corrected chi connectivity index (χ3v) is 5.18. The van der Waals surface area contributed by atoms with Crippen molar-refractivity contribution in [3.05, 3.63) is 46.5 Å². The van der Waals surface area contributed by atoms with Crippen LogP contribution in [0.5, 0.6) is 0 Å². The highest BCUT2D eigenvalue weighted by atomic mass is 35.5. The monoisotopic (exact) mass is 429 g/mol. The number of carboxylic acids is 1. The van der Waals surface area contributed by atoms with Gasteiger partial charge in [0.05, 0.1) is 11.8 Å². The van der Waals surface area contributed by atoms with Crippen molar-refractivity contribution in [2.75, 3.05) is 6.61 Å². The van der Waals surface area contributed by atoms with E-state index in [2.05, 4.69) is 17.0 Å². The molecule has 0 radical (unpaired) electrons.